The van der Waals surface area contributed by atoms with Crippen LogP contribution >= 0.6 is 0 Å². The molecule has 14 heavy (non-hydrogen) atoms. The maximum atomic E-state index is 5.89. The molecule has 3 heteroatoms. The summed E-state index contributed by atoms with van der Waals surface area (Å²) < 4.78 is 5.45. The summed E-state index contributed by atoms with van der Waals surface area (Å²) in [6.07, 6.45) is 5.31. The van der Waals surface area contributed by atoms with Gasteiger partial charge in [-0.05, 0) is 32.4 Å². The first kappa shape index (κ1) is 10.4. The third-order valence-corrected chi connectivity index (χ3v) is 3.61. The summed E-state index contributed by atoms with van der Waals surface area (Å²) in [6, 6.07) is 0.581. The summed E-state index contributed by atoms with van der Waals surface area (Å²) in [5, 5.41) is 0. The van der Waals surface area contributed by atoms with Gasteiger partial charge in [-0.15, -0.1) is 0 Å². The molecule has 0 spiro atoms. The van der Waals surface area contributed by atoms with Crippen LogP contribution in [0, 0.1) is 5.92 Å². The third kappa shape index (κ3) is 2.27. The molecular weight excluding hydrogens is 176 g/mol. The van der Waals surface area contributed by atoms with E-state index < -0.39 is 0 Å². The molecule has 2 aliphatic heterocycles. The van der Waals surface area contributed by atoms with Crippen LogP contribution in [-0.2, 0) is 4.74 Å². The van der Waals surface area contributed by atoms with Gasteiger partial charge in [-0.2, -0.15) is 0 Å². The second-order valence-corrected chi connectivity index (χ2v) is 4.52. The Morgan fingerprint density at radius 2 is 2.07 bits per heavy atom. The Morgan fingerprint density at radius 3 is 2.64 bits per heavy atom. The molecule has 2 atom stereocenters. The molecule has 0 amide bonds. The molecule has 0 saturated carbocycles. The van der Waals surface area contributed by atoms with Gasteiger partial charge < -0.3 is 10.5 Å². The number of likely N-dealkylation sites (tertiary alicyclic amines) is 1. The summed E-state index contributed by atoms with van der Waals surface area (Å²) >= 11 is 0. The first-order valence-electron chi connectivity index (χ1n) is 5.93. The fraction of sp³-hybridized carbons (Fsp3) is 1.00. The van der Waals surface area contributed by atoms with Gasteiger partial charge in [-0.1, -0.05) is 6.42 Å². The van der Waals surface area contributed by atoms with E-state index in [1.54, 1.807) is 0 Å². The van der Waals surface area contributed by atoms with Crippen LogP contribution in [0.25, 0.3) is 0 Å². The van der Waals surface area contributed by atoms with Gasteiger partial charge in [-0.25, -0.2) is 0 Å². The number of nitrogens with zero attached hydrogens (tertiary/aromatic N) is 1. The molecule has 2 unspecified atom stereocenters. The lowest BCUT2D eigenvalue weighted by molar-refractivity contribution is 0.105. The van der Waals surface area contributed by atoms with Crippen LogP contribution < -0.4 is 5.73 Å². The Labute approximate surface area is 86.6 Å². The Kier molecular flexibility index (Phi) is 3.79. The summed E-state index contributed by atoms with van der Waals surface area (Å²) in [5.41, 5.74) is 5.89. The van der Waals surface area contributed by atoms with Crippen LogP contribution in [0.1, 0.15) is 25.7 Å². The van der Waals surface area contributed by atoms with Crippen molar-refractivity contribution in [1.82, 2.24) is 4.90 Å². The van der Waals surface area contributed by atoms with E-state index in [-0.39, 0.29) is 0 Å². The molecule has 2 saturated heterocycles. The highest BCUT2D eigenvalue weighted by molar-refractivity contribution is 4.84. The number of hydrogen-bond acceptors (Lipinski definition) is 3. The second-order valence-electron chi connectivity index (χ2n) is 4.52. The van der Waals surface area contributed by atoms with E-state index in [4.69, 9.17) is 10.5 Å². The Bertz CT molecular complexity index is 163. The zero-order valence-electron chi connectivity index (χ0n) is 8.95. The molecule has 2 heterocycles. The molecule has 0 aliphatic carbocycles. The highest BCUT2D eigenvalue weighted by Crippen LogP contribution is 2.23. The molecule has 0 aromatic carbocycles. The van der Waals surface area contributed by atoms with Gasteiger partial charge >= 0.3 is 0 Å². The number of nitrogens with two attached hydrogens (primary N) is 1. The van der Waals surface area contributed by atoms with Gasteiger partial charge in [0.2, 0.25) is 0 Å². The molecule has 2 rings (SSSR count). The summed E-state index contributed by atoms with van der Waals surface area (Å²) in [6.45, 7) is 5.16. The smallest absolute Gasteiger partial charge is 0.0510 e. The molecule has 3 nitrogen and oxygen atoms in total. The van der Waals surface area contributed by atoms with Crippen molar-refractivity contribution in [2.45, 2.75) is 31.7 Å². The fourth-order valence-corrected chi connectivity index (χ4v) is 2.75. The molecule has 0 aromatic rings. The van der Waals surface area contributed by atoms with E-state index in [2.05, 4.69) is 4.90 Å². The van der Waals surface area contributed by atoms with Gasteiger partial charge in [0.1, 0.15) is 0 Å². The minimum Gasteiger partial charge on any atom is -0.381 e. The lowest BCUT2D eigenvalue weighted by Gasteiger charge is -2.36. The zero-order chi connectivity index (χ0) is 9.80. The average molecular weight is 198 g/mol. The van der Waals surface area contributed by atoms with Gasteiger partial charge in [-0.3, -0.25) is 4.90 Å². The molecule has 2 fully saturated rings. The standard InChI is InChI=1S/C11H22N2O/c12-8-11(10-4-7-14-9-10)13-5-2-1-3-6-13/h10-11H,1-9,12H2. The van der Waals surface area contributed by atoms with Crippen LogP contribution in [-0.4, -0.2) is 43.8 Å². The number of piperidine rings is 1. The molecule has 0 radical (unpaired) electrons. The van der Waals surface area contributed by atoms with Gasteiger partial charge in [0, 0.05) is 25.1 Å². The van der Waals surface area contributed by atoms with Gasteiger partial charge in [0.05, 0.1) is 6.61 Å². The predicted octanol–water partition coefficient (Wildman–Crippen LogP) is 0.836. The fourth-order valence-electron chi connectivity index (χ4n) is 2.75. The summed E-state index contributed by atoms with van der Waals surface area (Å²) in [7, 11) is 0. The van der Waals surface area contributed by atoms with Crippen molar-refractivity contribution < 1.29 is 4.74 Å². The first-order chi connectivity index (χ1) is 6.92. The van der Waals surface area contributed by atoms with E-state index in [0.717, 1.165) is 19.8 Å². The zero-order valence-corrected chi connectivity index (χ0v) is 8.95. The Balaban J connectivity index is 1.89. The van der Waals surface area contributed by atoms with Gasteiger partial charge in [0.15, 0.2) is 0 Å². The van der Waals surface area contributed by atoms with Crippen LogP contribution in [0.5, 0.6) is 0 Å². The maximum absolute atomic E-state index is 5.89. The van der Waals surface area contributed by atoms with Crippen LogP contribution in [0.3, 0.4) is 0 Å². The van der Waals surface area contributed by atoms with Crippen molar-refractivity contribution >= 4 is 0 Å². The van der Waals surface area contributed by atoms with E-state index in [1.807, 2.05) is 0 Å². The van der Waals surface area contributed by atoms with Crippen molar-refractivity contribution in [1.29, 1.82) is 0 Å². The normalized spacial score (nSPS) is 31.9. The lowest BCUT2D eigenvalue weighted by atomic mass is 9.95. The van der Waals surface area contributed by atoms with Crippen molar-refractivity contribution in [3.8, 4) is 0 Å². The first-order valence-corrected chi connectivity index (χ1v) is 5.93. The lowest BCUT2D eigenvalue weighted by Crippen LogP contribution is -2.48. The third-order valence-electron chi connectivity index (χ3n) is 3.61. The monoisotopic (exact) mass is 198 g/mol. The quantitative estimate of drug-likeness (QED) is 0.730. The molecule has 2 aliphatic rings. The van der Waals surface area contributed by atoms with Crippen LogP contribution in [0.4, 0.5) is 0 Å². The molecular formula is C11H22N2O. The summed E-state index contributed by atoms with van der Waals surface area (Å²) in [4.78, 5) is 2.59. The largest absolute Gasteiger partial charge is 0.381 e. The maximum Gasteiger partial charge on any atom is 0.0510 e. The number of hydrogen-bond donors (Lipinski definition) is 1. The van der Waals surface area contributed by atoms with Crippen molar-refractivity contribution in [2.24, 2.45) is 11.7 Å². The second kappa shape index (κ2) is 5.10. The minimum atomic E-state index is 0.581. The highest BCUT2D eigenvalue weighted by atomic mass is 16.5. The Hall–Kier alpha value is -0.120. The highest BCUT2D eigenvalue weighted by Gasteiger charge is 2.29. The summed E-state index contributed by atoms with van der Waals surface area (Å²) in [5.74, 6) is 0.693. The SMILES string of the molecule is NCC(C1CCOC1)N1CCCCC1. The average Bonchev–Trinajstić information content (AvgIpc) is 2.74. The minimum absolute atomic E-state index is 0.581. The topological polar surface area (TPSA) is 38.5 Å². The molecule has 82 valence electrons. The Morgan fingerprint density at radius 1 is 1.29 bits per heavy atom. The predicted molar refractivity (Wildman–Crippen MR) is 57.2 cm³/mol. The molecule has 2 N–H and O–H groups in total. The van der Waals surface area contributed by atoms with E-state index in [9.17, 15) is 0 Å². The van der Waals surface area contributed by atoms with Crippen molar-refractivity contribution in [3.63, 3.8) is 0 Å². The van der Waals surface area contributed by atoms with E-state index >= 15 is 0 Å². The van der Waals surface area contributed by atoms with Crippen LogP contribution in [0.2, 0.25) is 0 Å². The van der Waals surface area contributed by atoms with E-state index in [0.29, 0.717) is 12.0 Å². The van der Waals surface area contributed by atoms with Crippen molar-refractivity contribution in [3.05, 3.63) is 0 Å². The van der Waals surface area contributed by atoms with Crippen LogP contribution in [0.15, 0.2) is 0 Å². The number of rotatable bonds is 3. The number of ether oxygens (including phenoxy) is 1. The molecule has 0 bridgehead atoms. The van der Waals surface area contributed by atoms with E-state index in [1.165, 1.54) is 38.8 Å². The van der Waals surface area contributed by atoms with Crippen molar-refractivity contribution in [2.75, 3.05) is 32.8 Å². The van der Waals surface area contributed by atoms with Gasteiger partial charge in [0.25, 0.3) is 0 Å². The molecule has 0 aromatic heterocycles.